The van der Waals surface area contributed by atoms with Crippen molar-refractivity contribution in [3.63, 3.8) is 0 Å². The Bertz CT molecular complexity index is 644. The van der Waals surface area contributed by atoms with E-state index in [0.29, 0.717) is 17.7 Å². The molecule has 0 bridgehead atoms. The van der Waals surface area contributed by atoms with Gasteiger partial charge in [0.1, 0.15) is 5.82 Å². The summed E-state index contributed by atoms with van der Waals surface area (Å²) in [6, 6.07) is 15.0. The Morgan fingerprint density at radius 3 is 2.55 bits per heavy atom. The summed E-state index contributed by atoms with van der Waals surface area (Å²) in [5.74, 6) is -0.512. The zero-order valence-electron chi connectivity index (χ0n) is 10.8. The third-order valence-corrected chi connectivity index (χ3v) is 2.83. The SMILES string of the molecule is N#Cc1ccc(CNC(=O)Cc2cccc(F)c2)cc1. The molecule has 2 aromatic carbocycles. The Morgan fingerprint density at radius 2 is 1.90 bits per heavy atom. The van der Waals surface area contributed by atoms with Crippen molar-refractivity contribution in [3.05, 3.63) is 71.0 Å². The number of benzene rings is 2. The van der Waals surface area contributed by atoms with Crippen LogP contribution in [0.15, 0.2) is 48.5 Å². The number of rotatable bonds is 4. The fraction of sp³-hybridized carbons (Fsp3) is 0.125. The molecule has 0 spiro atoms. The number of carbonyl (C=O) groups is 1. The summed E-state index contributed by atoms with van der Waals surface area (Å²) in [6.45, 7) is 0.389. The first-order chi connectivity index (χ1) is 9.67. The standard InChI is InChI=1S/C16H13FN2O/c17-15-3-1-2-14(8-15)9-16(20)19-11-13-6-4-12(10-18)5-7-13/h1-8H,9,11H2,(H,19,20). The number of nitrogens with one attached hydrogen (secondary N) is 1. The first-order valence-electron chi connectivity index (χ1n) is 6.17. The van der Waals surface area contributed by atoms with Gasteiger partial charge in [-0.2, -0.15) is 5.26 Å². The molecule has 0 radical (unpaired) electrons. The van der Waals surface area contributed by atoms with Crippen LogP contribution in [0.25, 0.3) is 0 Å². The molecule has 0 aromatic heterocycles. The zero-order chi connectivity index (χ0) is 14.4. The second kappa shape index (κ2) is 6.48. The lowest BCUT2D eigenvalue weighted by Crippen LogP contribution is -2.24. The van der Waals surface area contributed by atoms with Crippen LogP contribution < -0.4 is 5.32 Å². The summed E-state index contributed by atoms with van der Waals surface area (Å²) in [6.07, 6.45) is 0.147. The molecule has 1 amide bonds. The Morgan fingerprint density at radius 1 is 1.15 bits per heavy atom. The Hall–Kier alpha value is -2.67. The van der Waals surface area contributed by atoms with Crippen LogP contribution in [0.4, 0.5) is 4.39 Å². The van der Waals surface area contributed by atoms with Crippen molar-refractivity contribution in [2.75, 3.05) is 0 Å². The van der Waals surface area contributed by atoms with E-state index in [1.54, 1.807) is 36.4 Å². The molecule has 4 heteroatoms. The number of carbonyl (C=O) groups excluding carboxylic acids is 1. The average Bonchev–Trinajstić information content (AvgIpc) is 2.46. The summed E-state index contributed by atoms with van der Waals surface area (Å²) in [7, 11) is 0. The van der Waals surface area contributed by atoms with Crippen LogP contribution in [0.3, 0.4) is 0 Å². The molecule has 0 heterocycles. The third-order valence-electron chi connectivity index (χ3n) is 2.83. The van der Waals surface area contributed by atoms with Gasteiger partial charge in [0, 0.05) is 6.54 Å². The highest BCUT2D eigenvalue weighted by Crippen LogP contribution is 2.05. The molecule has 0 saturated heterocycles. The van der Waals surface area contributed by atoms with Gasteiger partial charge in [-0.1, -0.05) is 24.3 Å². The minimum atomic E-state index is -0.345. The lowest BCUT2D eigenvalue weighted by atomic mass is 10.1. The lowest BCUT2D eigenvalue weighted by Gasteiger charge is -2.05. The molecule has 0 unspecified atom stereocenters. The molecule has 100 valence electrons. The topological polar surface area (TPSA) is 52.9 Å². The van der Waals surface area contributed by atoms with Gasteiger partial charge in [0.15, 0.2) is 0 Å². The number of halogens is 1. The van der Waals surface area contributed by atoms with Gasteiger partial charge in [-0.25, -0.2) is 4.39 Å². The van der Waals surface area contributed by atoms with Gasteiger partial charge in [0.25, 0.3) is 0 Å². The van der Waals surface area contributed by atoms with Crippen LogP contribution in [0.1, 0.15) is 16.7 Å². The van der Waals surface area contributed by atoms with Gasteiger partial charge in [-0.05, 0) is 35.4 Å². The molecule has 0 aliphatic carbocycles. The zero-order valence-corrected chi connectivity index (χ0v) is 10.8. The molecule has 0 aliphatic rings. The lowest BCUT2D eigenvalue weighted by molar-refractivity contribution is -0.120. The van der Waals surface area contributed by atoms with Gasteiger partial charge in [0.2, 0.25) is 5.91 Å². The average molecular weight is 268 g/mol. The molecule has 0 fully saturated rings. The van der Waals surface area contributed by atoms with E-state index in [2.05, 4.69) is 5.32 Å². The maximum atomic E-state index is 13.0. The van der Waals surface area contributed by atoms with E-state index < -0.39 is 0 Å². The van der Waals surface area contributed by atoms with Crippen LogP contribution in [0, 0.1) is 17.1 Å². The van der Waals surface area contributed by atoms with Crippen molar-refractivity contribution in [1.29, 1.82) is 5.26 Å². The fourth-order valence-electron chi connectivity index (χ4n) is 1.79. The minimum Gasteiger partial charge on any atom is -0.352 e. The van der Waals surface area contributed by atoms with E-state index in [1.165, 1.54) is 12.1 Å². The molecule has 2 aromatic rings. The summed E-state index contributed by atoms with van der Waals surface area (Å²) in [5, 5.41) is 11.4. The second-order valence-corrected chi connectivity index (χ2v) is 4.39. The third kappa shape index (κ3) is 3.92. The van der Waals surface area contributed by atoms with Crippen molar-refractivity contribution in [2.24, 2.45) is 0 Å². The highest BCUT2D eigenvalue weighted by atomic mass is 19.1. The number of amides is 1. The van der Waals surface area contributed by atoms with Gasteiger partial charge in [-0.3, -0.25) is 4.79 Å². The monoisotopic (exact) mass is 268 g/mol. The van der Waals surface area contributed by atoms with E-state index in [0.717, 1.165) is 5.56 Å². The Balaban J connectivity index is 1.87. The van der Waals surface area contributed by atoms with E-state index in [4.69, 9.17) is 5.26 Å². The first-order valence-corrected chi connectivity index (χ1v) is 6.17. The smallest absolute Gasteiger partial charge is 0.224 e. The van der Waals surface area contributed by atoms with E-state index in [9.17, 15) is 9.18 Å². The fourth-order valence-corrected chi connectivity index (χ4v) is 1.79. The summed E-state index contributed by atoms with van der Waals surface area (Å²) in [5.41, 5.74) is 2.14. The largest absolute Gasteiger partial charge is 0.352 e. The Kier molecular flexibility index (Phi) is 4.46. The quantitative estimate of drug-likeness (QED) is 0.926. The van der Waals surface area contributed by atoms with E-state index >= 15 is 0 Å². The molecule has 0 atom stereocenters. The summed E-state index contributed by atoms with van der Waals surface area (Å²) < 4.78 is 13.0. The van der Waals surface area contributed by atoms with Gasteiger partial charge >= 0.3 is 0 Å². The summed E-state index contributed by atoms with van der Waals surface area (Å²) >= 11 is 0. The van der Waals surface area contributed by atoms with Crippen LogP contribution >= 0.6 is 0 Å². The maximum Gasteiger partial charge on any atom is 0.224 e. The van der Waals surface area contributed by atoms with E-state index in [1.807, 2.05) is 6.07 Å². The Labute approximate surface area is 116 Å². The molecular formula is C16H13FN2O. The molecule has 0 saturated carbocycles. The number of nitrogens with zero attached hydrogens (tertiary/aromatic N) is 1. The van der Waals surface area contributed by atoms with Crippen LogP contribution in [0.2, 0.25) is 0 Å². The predicted octanol–water partition coefficient (Wildman–Crippen LogP) is 2.56. The second-order valence-electron chi connectivity index (χ2n) is 4.39. The molecule has 1 N–H and O–H groups in total. The number of hydrogen-bond acceptors (Lipinski definition) is 2. The highest BCUT2D eigenvalue weighted by Gasteiger charge is 2.04. The van der Waals surface area contributed by atoms with Crippen molar-refractivity contribution in [2.45, 2.75) is 13.0 Å². The number of nitriles is 1. The first kappa shape index (κ1) is 13.8. The van der Waals surface area contributed by atoms with Crippen molar-refractivity contribution >= 4 is 5.91 Å². The molecule has 2 rings (SSSR count). The van der Waals surface area contributed by atoms with Crippen LogP contribution in [0.5, 0.6) is 0 Å². The van der Waals surface area contributed by atoms with Crippen molar-refractivity contribution in [3.8, 4) is 6.07 Å². The molecule has 3 nitrogen and oxygen atoms in total. The summed E-state index contributed by atoms with van der Waals surface area (Å²) in [4.78, 5) is 11.7. The van der Waals surface area contributed by atoms with Gasteiger partial charge < -0.3 is 5.32 Å². The molecule has 0 aliphatic heterocycles. The van der Waals surface area contributed by atoms with Crippen molar-refractivity contribution in [1.82, 2.24) is 5.32 Å². The highest BCUT2D eigenvalue weighted by molar-refractivity contribution is 5.78. The van der Waals surface area contributed by atoms with Crippen molar-refractivity contribution < 1.29 is 9.18 Å². The predicted molar refractivity (Wildman–Crippen MR) is 73.1 cm³/mol. The normalized spacial score (nSPS) is 9.80. The minimum absolute atomic E-state index is 0.147. The molecular weight excluding hydrogens is 255 g/mol. The maximum absolute atomic E-state index is 13.0. The van der Waals surface area contributed by atoms with Gasteiger partial charge in [-0.15, -0.1) is 0 Å². The van der Waals surface area contributed by atoms with Gasteiger partial charge in [0.05, 0.1) is 18.1 Å². The molecule has 20 heavy (non-hydrogen) atoms. The number of hydrogen-bond donors (Lipinski definition) is 1. The van der Waals surface area contributed by atoms with E-state index in [-0.39, 0.29) is 18.1 Å². The van der Waals surface area contributed by atoms with Crippen LogP contribution in [-0.2, 0) is 17.8 Å². The van der Waals surface area contributed by atoms with Crippen LogP contribution in [-0.4, -0.2) is 5.91 Å².